The first-order valence-electron chi connectivity index (χ1n) is 8.73. The SMILES string of the molecule is Cc1cccc(Cn2nnc(-c3c[nH]n(-c4ccc(C)cc4C)c3=S)n2)c1. The van der Waals surface area contributed by atoms with Crippen molar-refractivity contribution in [3.63, 3.8) is 0 Å². The second kappa shape index (κ2) is 6.92. The molecule has 2 aromatic heterocycles. The minimum atomic E-state index is 0.521. The van der Waals surface area contributed by atoms with Crippen LogP contribution in [0.3, 0.4) is 0 Å². The molecule has 0 saturated carbocycles. The van der Waals surface area contributed by atoms with Crippen LogP contribution < -0.4 is 0 Å². The lowest BCUT2D eigenvalue weighted by atomic mass is 10.1. The highest BCUT2D eigenvalue weighted by atomic mass is 32.1. The van der Waals surface area contributed by atoms with Crippen molar-refractivity contribution >= 4 is 12.2 Å². The van der Waals surface area contributed by atoms with Gasteiger partial charge in [-0.1, -0.05) is 59.7 Å². The fourth-order valence-electron chi connectivity index (χ4n) is 3.16. The molecular weight excluding hydrogens is 356 g/mol. The Bertz CT molecular complexity index is 1170. The van der Waals surface area contributed by atoms with Gasteiger partial charge in [0.25, 0.3) is 0 Å². The van der Waals surface area contributed by atoms with Gasteiger partial charge >= 0.3 is 0 Å². The second-order valence-corrected chi connectivity index (χ2v) is 7.14. The van der Waals surface area contributed by atoms with Crippen LogP contribution in [0.4, 0.5) is 0 Å². The minimum absolute atomic E-state index is 0.521. The Hall–Kier alpha value is -3.06. The Labute approximate surface area is 162 Å². The zero-order valence-electron chi connectivity index (χ0n) is 15.5. The topological polar surface area (TPSA) is 64.3 Å². The highest BCUT2D eigenvalue weighted by Gasteiger charge is 2.13. The molecule has 136 valence electrons. The van der Waals surface area contributed by atoms with Crippen LogP contribution in [-0.4, -0.2) is 30.0 Å². The molecule has 0 radical (unpaired) electrons. The van der Waals surface area contributed by atoms with Crippen LogP contribution in [0.1, 0.15) is 22.3 Å². The predicted octanol–water partition coefficient (Wildman–Crippen LogP) is 4.16. The van der Waals surface area contributed by atoms with Crippen LogP contribution in [-0.2, 0) is 6.54 Å². The number of aromatic amines is 1. The molecule has 4 aromatic rings. The van der Waals surface area contributed by atoms with E-state index in [-0.39, 0.29) is 0 Å². The summed E-state index contributed by atoms with van der Waals surface area (Å²) in [6, 6.07) is 14.5. The molecule has 4 rings (SSSR count). The zero-order valence-corrected chi connectivity index (χ0v) is 16.3. The lowest BCUT2D eigenvalue weighted by Crippen LogP contribution is -2.04. The first-order valence-corrected chi connectivity index (χ1v) is 9.14. The number of rotatable bonds is 4. The van der Waals surface area contributed by atoms with Gasteiger partial charge in [-0.15, -0.1) is 10.2 Å². The minimum Gasteiger partial charge on any atom is -0.299 e. The number of tetrazole rings is 1. The van der Waals surface area contributed by atoms with Crippen molar-refractivity contribution in [2.45, 2.75) is 27.3 Å². The Balaban J connectivity index is 1.64. The lowest BCUT2D eigenvalue weighted by molar-refractivity contribution is 0.572. The van der Waals surface area contributed by atoms with Gasteiger partial charge in [0, 0.05) is 6.20 Å². The fourth-order valence-corrected chi connectivity index (χ4v) is 3.46. The van der Waals surface area contributed by atoms with Gasteiger partial charge in [0.05, 0.1) is 17.8 Å². The zero-order chi connectivity index (χ0) is 19.0. The Morgan fingerprint density at radius 2 is 1.85 bits per heavy atom. The van der Waals surface area contributed by atoms with Crippen molar-refractivity contribution in [2.75, 3.05) is 0 Å². The second-order valence-electron chi connectivity index (χ2n) is 6.75. The molecule has 0 amide bonds. The summed E-state index contributed by atoms with van der Waals surface area (Å²) in [5.41, 5.74) is 6.49. The van der Waals surface area contributed by atoms with E-state index < -0.39 is 0 Å². The molecule has 0 unspecified atom stereocenters. The van der Waals surface area contributed by atoms with Gasteiger partial charge in [0.1, 0.15) is 4.64 Å². The average molecular weight is 376 g/mol. The largest absolute Gasteiger partial charge is 0.299 e. The molecule has 0 aliphatic heterocycles. The van der Waals surface area contributed by atoms with E-state index in [1.807, 2.05) is 16.9 Å². The first kappa shape index (κ1) is 17.4. The van der Waals surface area contributed by atoms with Gasteiger partial charge in [0.2, 0.25) is 5.82 Å². The summed E-state index contributed by atoms with van der Waals surface area (Å²) in [4.78, 5) is 1.59. The fraction of sp³-hybridized carbons (Fsp3) is 0.200. The van der Waals surface area contributed by atoms with E-state index in [1.54, 1.807) is 4.80 Å². The molecule has 0 aliphatic carbocycles. The van der Waals surface area contributed by atoms with Crippen LogP contribution in [0, 0.1) is 25.4 Å². The Morgan fingerprint density at radius 1 is 1.04 bits per heavy atom. The molecule has 0 bridgehead atoms. The third-order valence-electron chi connectivity index (χ3n) is 4.46. The quantitative estimate of drug-likeness (QED) is 0.543. The highest BCUT2D eigenvalue weighted by Crippen LogP contribution is 2.21. The van der Waals surface area contributed by atoms with Crippen LogP contribution in [0.5, 0.6) is 0 Å². The number of aromatic nitrogens is 6. The standard InChI is InChI=1S/C20H20N6S/c1-13-5-4-6-16(10-13)12-25-23-19(22-24-25)17-11-21-26(20(17)27)18-8-7-14(2)9-15(18)3/h4-11,21H,12H2,1-3H3. The average Bonchev–Trinajstić information content (AvgIpc) is 3.22. The normalized spacial score (nSPS) is 11.1. The summed E-state index contributed by atoms with van der Waals surface area (Å²) in [5.74, 6) is 0.521. The van der Waals surface area contributed by atoms with E-state index in [0.717, 1.165) is 22.4 Å². The number of hydrogen-bond acceptors (Lipinski definition) is 4. The number of nitrogens with zero attached hydrogens (tertiary/aromatic N) is 5. The van der Waals surface area contributed by atoms with Gasteiger partial charge in [0.15, 0.2) is 0 Å². The van der Waals surface area contributed by atoms with Gasteiger partial charge in [-0.3, -0.25) is 5.10 Å². The maximum atomic E-state index is 5.65. The maximum absolute atomic E-state index is 5.65. The van der Waals surface area contributed by atoms with Gasteiger partial charge in [-0.05, 0) is 43.2 Å². The third-order valence-corrected chi connectivity index (χ3v) is 4.87. The molecule has 2 heterocycles. The summed E-state index contributed by atoms with van der Waals surface area (Å²) in [6.07, 6.45) is 1.83. The molecule has 6 nitrogen and oxygen atoms in total. The highest BCUT2D eigenvalue weighted by molar-refractivity contribution is 7.71. The van der Waals surface area contributed by atoms with Gasteiger partial charge < -0.3 is 0 Å². The van der Waals surface area contributed by atoms with Crippen LogP contribution >= 0.6 is 12.2 Å². The number of nitrogens with one attached hydrogen (secondary N) is 1. The van der Waals surface area contributed by atoms with E-state index in [4.69, 9.17) is 12.2 Å². The van der Waals surface area contributed by atoms with Crippen molar-refractivity contribution in [1.82, 2.24) is 30.0 Å². The molecule has 27 heavy (non-hydrogen) atoms. The summed E-state index contributed by atoms with van der Waals surface area (Å²) < 4.78 is 2.51. The molecule has 0 fully saturated rings. The monoisotopic (exact) mass is 376 g/mol. The summed E-state index contributed by atoms with van der Waals surface area (Å²) in [6.45, 7) is 6.79. The first-order chi connectivity index (χ1) is 13.0. The van der Waals surface area contributed by atoms with E-state index in [2.05, 4.69) is 77.7 Å². The summed E-state index contributed by atoms with van der Waals surface area (Å²) in [7, 11) is 0. The predicted molar refractivity (Wildman–Crippen MR) is 108 cm³/mol. The van der Waals surface area contributed by atoms with E-state index in [9.17, 15) is 0 Å². The van der Waals surface area contributed by atoms with E-state index in [0.29, 0.717) is 17.0 Å². The summed E-state index contributed by atoms with van der Waals surface area (Å²) >= 11 is 5.65. The molecular formula is C20H20N6S. The van der Waals surface area contributed by atoms with E-state index >= 15 is 0 Å². The lowest BCUT2D eigenvalue weighted by Gasteiger charge is -2.07. The van der Waals surface area contributed by atoms with Crippen molar-refractivity contribution < 1.29 is 0 Å². The van der Waals surface area contributed by atoms with Gasteiger partial charge in [-0.25, -0.2) is 4.68 Å². The third kappa shape index (κ3) is 3.46. The molecule has 7 heteroatoms. The van der Waals surface area contributed by atoms with Crippen molar-refractivity contribution in [3.05, 3.63) is 75.6 Å². The Morgan fingerprint density at radius 3 is 2.63 bits per heavy atom. The summed E-state index contributed by atoms with van der Waals surface area (Å²) in [5, 5.41) is 16.1. The van der Waals surface area contributed by atoms with Gasteiger partial charge in [-0.2, -0.15) is 4.80 Å². The smallest absolute Gasteiger partial charge is 0.209 e. The Kier molecular flexibility index (Phi) is 4.45. The molecule has 0 aliphatic rings. The molecule has 1 N–H and O–H groups in total. The number of H-pyrrole nitrogens is 1. The number of benzene rings is 2. The van der Waals surface area contributed by atoms with Crippen LogP contribution in [0.25, 0.3) is 17.1 Å². The number of aryl methyl sites for hydroxylation is 3. The molecule has 0 spiro atoms. The van der Waals surface area contributed by atoms with Crippen LogP contribution in [0.15, 0.2) is 48.7 Å². The van der Waals surface area contributed by atoms with E-state index in [1.165, 1.54) is 11.1 Å². The van der Waals surface area contributed by atoms with Crippen molar-refractivity contribution in [2.24, 2.45) is 0 Å². The molecule has 0 saturated heterocycles. The van der Waals surface area contributed by atoms with Crippen LogP contribution in [0.2, 0.25) is 0 Å². The van der Waals surface area contributed by atoms with Crippen molar-refractivity contribution in [1.29, 1.82) is 0 Å². The molecule has 0 atom stereocenters. The maximum Gasteiger partial charge on any atom is 0.209 e. The van der Waals surface area contributed by atoms with Crippen molar-refractivity contribution in [3.8, 4) is 17.1 Å². The number of hydrogen-bond donors (Lipinski definition) is 1. The molecule has 2 aromatic carbocycles.